The summed E-state index contributed by atoms with van der Waals surface area (Å²) in [6.45, 7) is 3.49. The number of methoxy groups -OCH3 is 1. The van der Waals surface area contributed by atoms with Crippen LogP contribution < -0.4 is 10.6 Å². The molecule has 1 heterocycles. The Balaban J connectivity index is 1.91. The van der Waals surface area contributed by atoms with Gasteiger partial charge in [-0.15, -0.1) is 0 Å². The van der Waals surface area contributed by atoms with E-state index in [0.29, 0.717) is 13.2 Å². The van der Waals surface area contributed by atoms with E-state index in [2.05, 4.69) is 26.6 Å². The molecule has 0 radical (unpaired) electrons. The molecule has 0 unspecified atom stereocenters. The number of benzene rings is 1. The summed E-state index contributed by atoms with van der Waals surface area (Å²) in [5.74, 6) is 0. The molecule has 1 fully saturated rings. The fourth-order valence-electron chi connectivity index (χ4n) is 2.07. The predicted molar refractivity (Wildman–Crippen MR) is 78.3 cm³/mol. The van der Waals surface area contributed by atoms with Gasteiger partial charge >= 0.3 is 6.03 Å². The van der Waals surface area contributed by atoms with E-state index in [9.17, 15) is 4.79 Å². The van der Waals surface area contributed by atoms with Crippen LogP contribution in [0.3, 0.4) is 0 Å². The zero-order valence-electron chi connectivity index (χ0n) is 10.9. The molecule has 6 heteroatoms. The van der Waals surface area contributed by atoms with Gasteiger partial charge in [0.05, 0.1) is 6.61 Å². The molecule has 1 aromatic rings. The maximum absolute atomic E-state index is 11.4. The molecule has 104 valence electrons. The number of ether oxygens (including phenoxy) is 1. The lowest BCUT2D eigenvalue weighted by molar-refractivity contribution is 0.185. The average molecular weight is 328 g/mol. The van der Waals surface area contributed by atoms with E-state index < -0.39 is 0 Å². The van der Waals surface area contributed by atoms with Crippen molar-refractivity contribution in [1.29, 1.82) is 0 Å². The lowest BCUT2D eigenvalue weighted by atomic mass is 10.2. The molecular weight excluding hydrogens is 310 g/mol. The molecule has 2 amide bonds. The van der Waals surface area contributed by atoms with Gasteiger partial charge < -0.3 is 20.3 Å². The molecule has 1 saturated heterocycles. The van der Waals surface area contributed by atoms with Gasteiger partial charge in [0.2, 0.25) is 0 Å². The van der Waals surface area contributed by atoms with Crippen LogP contribution in [0.4, 0.5) is 10.5 Å². The number of urea groups is 1. The minimum absolute atomic E-state index is 0.0214. The number of nitrogens with one attached hydrogen (secondary N) is 2. The van der Waals surface area contributed by atoms with Crippen LogP contribution in [0, 0.1) is 0 Å². The van der Waals surface area contributed by atoms with E-state index in [-0.39, 0.29) is 6.03 Å². The molecule has 0 aromatic heterocycles. The van der Waals surface area contributed by atoms with Gasteiger partial charge in [0, 0.05) is 49.0 Å². The third-order valence-corrected chi connectivity index (χ3v) is 3.79. The second kappa shape index (κ2) is 6.77. The van der Waals surface area contributed by atoms with Crippen molar-refractivity contribution in [2.75, 3.05) is 38.6 Å². The van der Waals surface area contributed by atoms with Crippen molar-refractivity contribution in [2.24, 2.45) is 0 Å². The number of anilines is 1. The Labute approximate surface area is 121 Å². The topological polar surface area (TPSA) is 53.6 Å². The van der Waals surface area contributed by atoms with Crippen LogP contribution in [0.25, 0.3) is 0 Å². The van der Waals surface area contributed by atoms with Gasteiger partial charge in [-0.05, 0) is 12.1 Å². The van der Waals surface area contributed by atoms with Crippen LogP contribution in [0.5, 0.6) is 0 Å². The molecule has 19 heavy (non-hydrogen) atoms. The van der Waals surface area contributed by atoms with Gasteiger partial charge in [0.25, 0.3) is 0 Å². The van der Waals surface area contributed by atoms with E-state index in [0.717, 1.165) is 35.4 Å². The average Bonchev–Trinajstić information content (AvgIpc) is 2.79. The van der Waals surface area contributed by atoms with E-state index in [4.69, 9.17) is 4.74 Å². The highest BCUT2D eigenvalue weighted by atomic mass is 79.9. The van der Waals surface area contributed by atoms with Crippen LogP contribution in [0.15, 0.2) is 22.7 Å². The Hall–Kier alpha value is -1.27. The van der Waals surface area contributed by atoms with Crippen LogP contribution in [0.2, 0.25) is 0 Å². The Morgan fingerprint density at radius 1 is 1.53 bits per heavy atom. The van der Waals surface area contributed by atoms with E-state index in [1.165, 1.54) is 0 Å². The summed E-state index contributed by atoms with van der Waals surface area (Å²) < 4.78 is 6.23. The third-order valence-electron chi connectivity index (χ3n) is 3.05. The fraction of sp³-hybridized carbons (Fsp3) is 0.462. The van der Waals surface area contributed by atoms with E-state index >= 15 is 0 Å². The minimum Gasteiger partial charge on any atom is -0.383 e. The maximum atomic E-state index is 11.4. The summed E-state index contributed by atoms with van der Waals surface area (Å²) in [4.78, 5) is 13.2. The molecule has 0 saturated carbocycles. The van der Waals surface area contributed by atoms with Gasteiger partial charge in [-0.25, -0.2) is 4.79 Å². The molecule has 1 aromatic carbocycles. The number of halogens is 1. The van der Waals surface area contributed by atoms with Crippen LogP contribution in [-0.4, -0.2) is 44.2 Å². The summed E-state index contributed by atoms with van der Waals surface area (Å²) in [6, 6.07) is 6.01. The second-order valence-electron chi connectivity index (χ2n) is 4.34. The first-order valence-electron chi connectivity index (χ1n) is 6.25. The molecule has 0 atom stereocenters. The van der Waals surface area contributed by atoms with Crippen LogP contribution in [0.1, 0.15) is 5.56 Å². The van der Waals surface area contributed by atoms with Crippen molar-refractivity contribution in [1.82, 2.24) is 10.2 Å². The summed E-state index contributed by atoms with van der Waals surface area (Å²) in [6.07, 6.45) is 0. The maximum Gasteiger partial charge on any atom is 0.317 e. The monoisotopic (exact) mass is 327 g/mol. The zero-order chi connectivity index (χ0) is 13.7. The molecule has 0 bridgehead atoms. The highest BCUT2D eigenvalue weighted by molar-refractivity contribution is 9.10. The molecular formula is C13H18BrN3O2. The number of rotatable bonds is 6. The lowest BCUT2D eigenvalue weighted by Gasteiger charge is -2.17. The van der Waals surface area contributed by atoms with E-state index in [1.807, 2.05) is 18.2 Å². The number of amides is 2. The van der Waals surface area contributed by atoms with E-state index in [1.54, 1.807) is 12.0 Å². The smallest absolute Gasteiger partial charge is 0.317 e. The molecule has 5 nitrogen and oxygen atoms in total. The Kier molecular flexibility index (Phi) is 5.04. The van der Waals surface area contributed by atoms with Crippen LogP contribution >= 0.6 is 15.9 Å². The minimum atomic E-state index is 0.0214. The molecule has 0 aliphatic carbocycles. The number of hydrogen-bond acceptors (Lipinski definition) is 3. The van der Waals surface area contributed by atoms with Gasteiger partial charge in [-0.2, -0.15) is 0 Å². The van der Waals surface area contributed by atoms with Gasteiger partial charge in [-0.3, -0.25) is 0 Å². The Morgan fingerprint density at radius 2 is 2.37 bits per heavy atom. The first kappa shape index (κ1) is 14.1. The van der Waals surface area contributed by atoms with Crippen molar-refractivity contribution < 1.29 is 9.53 Å². The summed E-state index contributed by atoms with van der Waals surface area (Å²) in [5, 5.41) is 6.15. The number of carbonyl (C=O) groups is 1. The lowest BCUT2D eigenvalue weighted by Crippen LogP contribution is -2.32. The summed E-state index contributed by atoms with van der Waals surface area (Å²) in [7, 11) is 1.68. The normalized spacial score (nSPS) is 14.6. The molecule has 2 N–H and O–H groups in total. The standard InChI is InChI=1S/C13H18BrN3O2/c1-19-9-10-11(14)3-2-4-12(10)15-5-7-17-8-6-16-13(17)18/h2-4,15H,5-9H2,1H3,(H,16,18). The highest BCUT2D eigenvalue weighted by Crippen LogP contribution is 2.25. The number of nitrogens with zero attached hydrogens (tertiary/aromatic N) is 1. The van der Waals surface area contributed by atoms with Crippen molar-refractivity contribution >= 4 is 27.6 Å². The van der Waals surface area contributed by atoms with Gasteiger partial charge in [0.15, 0.2) is 0 Å². The van der Waals surface area contributed by atoms with Gasteiger partial charge in [-0.1, -0.05) is 22.0 Å². The Bertz CT molecular complexity index is 454. The molecule has 0 spiro atoms. The first-order valence-corrected chi connectivity index (χ1v) is 7.04. The third kappa shape index (κ3) is 3.61. The SMILES string of the molecule is COCc1c(Br)cccc1NCCN1CCNC1=O. The highest BCUT2D eigenvalue weighted by Gasteiger charge is 2.18. The quantitative estimate of drug-likeness (QED) is 0.840. The first-order chi connectivity index (χ1) is 9.22. The van der Waals surface area contributed by atoms with Gasteiger partial charge in [0.1, 0.15) is 0 Å². The number of carbonyl (C=O) groups excluding carboxylic acids is 1. The predicted octanol–water partition coefficient (Wildman–Crippen LogP) is 2.03. The summed E-state index contributed by atoms with van der Waals surface area (Å²) in [5.41, 5.74) is 2.13. The molecule has 1 aliphatic heterocycles. The van der Waals surface area contributed by atoms with Crippen LogP contribution in [-0.2, 0) is 11.3 Å². The van der Waals surface area contributed by atoms with Crippen molar-refractivity contribution in [2.45, 2.75) is 6.61 Å². The second-order valence-corrected chi connectivity index (χ2v) is 5.20. The van der Waals surface area contributed by atoms with Crippen molar-refractivity contribution in [3.05, 3.63) is 28.2 Å². The van der Waals surface area contributed by atoms with Crippen molar-refractivity contribution in [3.8, 4) is 0 Å². The van der Waals surface area contributed by atoms with Crippen molar-refractivity contribution in [3.63, 3.8) is 0 Å². The summed E-state index contributed by atoms with van der Waals surface area (Å²) >= 11 is 3.52. The molecule has 1 aliphatic rings. The largest absolute Gasteiger partial charge is 0.383 e. The zero-order valence-corrected chi connectivity index (χ0v) is 12.5. The number of hydrogen-bond donors (Lipinski definition) is 2. The molecule has 2 rings (SSSR count). The Morgan fingerprint density at radius 3 is 3.05 bits per heavy atom. The fourth-order valence-corrected chi connectivity index (χ4v) is 2.55.